The third-order valence-electron chi connectivity index (χ3n) is 4.05. The normalized spacial score (nSPS) is 12.3. The Morgan fingerprint density at radius 3 is 2.69 bits per heavy atom. The SMILES string of the molecule is CCc1cc2c(=O)n(CCCOC)c(SC(C)C(=O)NC(=O)NC(C)C)nc2s1. The Balaban J connectivity index is 2.28. The minimum absolute atomic E-state index is 0.0765. The van der Waals surface area contributed by atoms with Crippen molar-refractivity contribution in [2.75, 3.05) is 13.7 Å². The first kappa shape index (κ1) is 23.4. The van der Waals surface area contributed by atoms with Crippen LogP contribution in [0.5, 0.6) is 0 Å². The largest absolute Gasteiger partial charge is 0.385 e. The number of carbonyl (C=O) groups excluding carboxylic acids is 2. The van der Waals surface area contributed by atoms with Crippen LogP contribution in [0.3, 0.4) is 0 Å². The highest BCUT2D eigenvalue weighted by atomic mass is 32.2. The number of amides is 3. The third kappa shape index (κ3) is 6.28. The van der Waals surface area contributed by atoms with E-state index in [1.54, 1.807) is 18.6 Å². The van der Waals surface area contributed by atoms with E-state index in [-0.39, 0.29) is 11.6 Å². The summed E-state index contributed by atoms with van der Waals surface area (Å²) in [6.07, 6.45) is 1.48. The van der Waals surface area contributed by atoms with Gasteiger partial charge in [-0.15, -0.1) is 11.3 Å². The zero-order chi connectivity index (χ0) is 21.6. The molecule has 160 valence electrons. The van der Waals surface area contributed by atoms with Gasteiger partial charge < -0.3 is 10.1 Å². The summed E-state index contributed by atoms with van der Waals surface area (Å²) in [5.74, 6) is -0.439. The molecule has 2 heterocycles. The summed E-state index contributed by atoms with van der Waals surface area (Å²) in [5, 5.41) is 5.41. The number of hydrogen-bond acceptors (Lipinski definition) is 7. The first-order chi connectivity index (χ1) is 13.8. The topological polar surface area (TPSA) is 102 Å². The van der Waals surface area contributed by atoms with E-state index in [1.807, 2.05) is 26.8 Å². The number of aryl methyl sites for hydroxylation is 1. The molecule has 2 N–H and O–H groups in total. The van der Waals surface area contributed by atoms with Crippen LogP contribution in [0.25, 0.3) is 10.2 Å². The number of carbonyl (C=O) groups is 2. The summed E-state index contributed by atoms with van der Waals surface area (Å²) in [6.45, 7) is 8.30. The van der Waals surface area contributed by atoms with Crippen LogP contribution in [-0.4, -0.2) is 46.5 Å². The van der Waals surface area contributed by atoms with Gasteiger partial charge in [0.25, 0.3) is 5.56 Å². The van der Waals surface area contributed by atoms with E-state index in [1.165, 1.54) is 23.1 Å². The molecule has 0 radical (unpaired) electrons. The second-order valence-corrected chi connectivity index (χ2v) is 9.28. The van der Waals surface area contributed by atoms with Crippen molar-refractivity contribution >= 4 is 45.3 Å². The quantitative estimate of drug-likeness (QED) is 0.353. The summed E-state index contributed by atoms with van der Waals surface area (Å²) >= 11 is 2.66. The number of fused-ring (bicyclic) bond motifs is 1. The molecule has 2 rings (SSSR count). The van der Waals surface area contributed by atoms with Gasteiger partial charge in [0.2, 0.25) is 5.91 Å². The number of urea groups is 1. The number of thioether (sulfide) groups is 1. The molecule has 2 aromatic rings. The predicted molar refractivity (Wildman–Crippen MR) is 117 cm³/mol. The van der Waals surface area contributed by atoms with Crippen molar-refractivity contribution in [1.29, 1.82) is 0 Å². The predicted octanol–water partition coefficient (Wildman–Crippen LogP) is 2.77. The minimum Gasteiger partial charge on any atom is -0.385 e. The van der Waals surface area contributed by atoms with E-state index >= 15 is 0 Å². The number of methoxy groups -OCH3 is 1. The van der Waals surface area contributed by atoms with Gasteiger partial charge in [0.1, 0.15) is 4.83 Å². The minimum atomic E-state index is -0.600. The highest BCUT2D eigenvalue weighted by Gasteiger charge is 2.22. The highest BCUT2D eigenvalue weighted by molar-refractivity contribution is 8.00. The molecule has 0 aromatic carbocycles. The summed E-state index contributed by atoms with van der Waals surface area (Å²) in [7, 11) is 1.61. The average molecular weight is 441 g/mol. The number of thiophene rings is 1. The van der Waals surface area contributed by atoms with Crippen molar-refractivity contribution < 1.29 is 14.3 Å². The average Bonchev–Trinajstić information content (AvgIpc) is 3.07. The molecular weight excluding hydrogens is 412 g/mol. The molecule has 10 heteroatoms. The van der Waals surface area contributed by atoms with Crippen molar-refractivity contribution in [2.24, 2.45) is 0 Å². The second kappa shape index (κ2) is 10.7. The standard InChI is InChI=1S/C19H28N4O4S2/c1-6-13-10-14-16(29-13)22-19(23(17(14)25)8-7-9-27-5)28-12(4)15(24)21-18(26)20-11(2)3/h10-12H,6-9H2,1-5H3,(H2,20,21,24,26). The number of nitrogens with zero attached hydrogens (tertiary/aromatic N) is 2. The van der Waals surface area contributed by atoms with Crippen LogP contribution in [0.15, 0.2) is 16.0 Å². The van der Waals surface area contributed by atoms with Gasteiger partial charge in [0.15, 0.2) is 5.16 Å². The number of imide groups is 1. The summed E-state index contributed by atoms with van der Waals surface area (Å²) in [6, 6.07) is 1.28. The van der Waals surface area contributed by atoms with Gasteiger partial charge in [-0.25, -0.2) is 9.78 Å². The van der Waals surface area contributed by atoms with Gasteiger partial charge >= 0.3 is 6.03 Å². The molecule has 3 amide bonds. The summed E-state index contributed by atoms with van der Waals surface area (Å²) in [5.41, 5.74) is -0.116. The van der Waals surface area contributed by atoms with Gasteiger partial charge in [-0.1, -0.05) is 18.7 Å². The Kier molecular flexibility index (Phi) is 8.66. The number of ether oxygens (including phenoxy) is 1. The first-order valence-corrected chi connectivity index (χ1v) is 11.3. The van der Waals surface area contributed by atoms with Crippen LogP contribution in [0.1, 0.15) is 39.0 Å². The van der Waals surface area contributed by atoms with Gasteiger partial charge in [-0.2, -0.15) is 0 Å². The van der Waals surface area contributed by atoms with Crippen molar-refractivity contribution in [3.63, 3.8) is 0 Å². The number of hydrogen-bond donors (Lipinski definition) is 2. The van der Waals surface area contributed by atoms with Crippen LogP contribution < -0.4 is 16.2 Å². The molecule has 2 aromatic heterocycles. The number of aromatic nitrogens is 2. The van der Waals surface area contributed by atoms with E-state index in [2.05, 4.69) is 15.6 Å². The zero-order valence-electron chi connectivity index (χ0n) is 17.4. The lowest BCUT2D eigenvalue weighted by molar-refractivity contribution is -0.119. The number of nitrogens with one attached hydrogen (secondary N) is 2. The molecule has 0 saturated heterocycles. The Hall–Kier alpha value is -1.91. The molecule has 0 aliphatic heterocycles. The maximum atomic E-state index is 13.0. The molecule has 8 nitrogen and oxygen atoms in total. The van der Waals surface area contributed by atoms with Crippen molar-refractivity contribution in [3.8, 4) is 0 Å². The van der Waals surface area contributed by atoms with Crippen LogP contribution in [0.2, 0.25) is 0 Å². The van der Waals surface area contributed by atoms with Gasteiger partial charge in [0, 0.05) is 31.2 Å². The van der Waals surface area contributed by atoms with E-state index < -0.39 is 17.2 Å². The fourth-order valence-electron chi connectivity index (χ4n) is 2.60. The molecule has 0 aliphatic carbocycles. The van der Waals surface area contributed by atoms with Crippen LogP contribution in [-0.2, 0) is 22.5 Å². The molecule has 0 aliphatic rings. The van der Waals surface area contributed by atoms with Crippen LogP contribution in [0, 0.1) is 0 Å². The lowest BCUT2D eigenvalue weighted by Crippen LogP contribution is -2.45. The molecule has 0 fully saturated rings. The van der Waals surface area contributed by atoms with E-state index in [9.17, 15) is 14.4 Å². The number of rotatable bonds is 9. The molecule has 0 spiro atoms. The Morgan fingerprint density at radius 2 is 2.07 bits per heavy atom. The Labute approximate surface area is 178 Å². The fraction of sp³-hybridized carbons (Fsp3) is 0.579. The van der Waals surface area contributed by atoms with Crippen molar-refractivity contribution in [3.05, 3.63) is 21.3 Å². The lowest BCUT2D eigenvalue weighted by atomic mass is 10.3. The molecule has 29 heavy (non-hydrogen) atoms. The van der Waals surface area contributed by atoms with Gasteiger partial charge in [-0.3, -0.25) is 19.5 Å². The molecule has 1 unspecified atom stereocenters. The third-order valence-corrected chi connectivity index (χ3v) is 6.32. The van der Waals surface area contributed by atoms with E-state index in [4.69, 9.17) is 4.74 Å². The summed E-state index contributed by atoms with van der Waals surface area (Å²) < 4.78 is 6.69. The molecule has 1 atom stereocenters. The Bertz CT molecular complexity index is 923. The molecular formula is C19H28N4O4S2. The zero-order valence-corrected chi connectivity index (χ0v) is 19.0. The monoisotopic (exact) mass is 440 g/mol. The van der Waals surface area contributed by atoms with E-state index in [0.717, 1.165) is 11.3 Å². The second-order valence-electron chi connectivity index (χ2n) is 6.86. The smallest absolute Gasteiger partial charge is 0.321 e. The van der Waals surface area contributed by atoms with Gasteiger partial charge in [-0.05, 0) is 39.7 Å². The van der Waals surface area contributed by atoms with Crippen molar-refractivity contribution in [1.82, 2.24) is 20.2 Å². The maximum absolute atomic E-state index is 13.0. The summed E-state index contributed by atoms with van der Waals surface area (Å²) in [4.78, 5) is 43.6. The Morgan fingerprint density at radius 1 is 1.34 bits per heavy atom. The fourth-order valence-corrected chi connectivity index (χ4v) is 4.54. The van der Waals surface area contributed by atoms with Crippen molar-refractivity contribution in [2.45, 2.75) is 63.5 Å². The highest BCUT2D eigenvalue weighted by Crippen LogP contribution is 2.27. The van der Waals surface area contributed by atoms with Crippen LogP contribution in [0.4, 0.5) is 4.79 Å². The first-order valence-electron chi connectivity index (χ1n) is 9.57. The van der Waals surface area contributed by atoms with Gasteiger partial charge in [0.05, 0.1) is 10.6 Å². The van der Waals surface area contributed by atoms with Crippen LogP contribution >= 0.6 is 23.1 Å². The lowest BCUT2D eigenvalue weighted by Gasteiger charge is -2.16. The van der Waals surface area contributed by atoms with E-state index in [0.29, 0.717) is 34.9 Å². The maximum Gasteiger partial charge on any atom is 0.321 e. The molecule has 0 bridgehead atoms. The molecule has 0 saturated carbocycles.